The average molecular weight is 667 g/mol. The van der Waals surface area contributed by atoms with Gasteiger partial charge in [0.1, 0.15) is 26.7 Å². The van der Waals surface area contributed by atoms with Crippen molar-refractivity contribution in [2.75, 3.05) is 19.0 Å². The molecule has 0 aliphatic carbocycles. The van der Waals surface area contributed by atoms with Gasteiger partial charge in [-0.1, -0.05) is 15.9 Å². The molecule has 0 spiro atoms. The van der Waals surface area contributed by atoms with Crippen molar-refractivity contribution < 1.29 is 19.8 Å². The fraction of sp³-hybridized carbons (Fsp3) is 0.227. The van der Waals surface area contributed by atoms with Gasteiger partial charge >= 0.3 is 0 Å². The molecule has 16 heteroatoms. The van der Waals surface area contributed by atoms with E-state index in [4.69, 9.17) is 5.41 Å². The van der Waals surface area contributed by atoms with Gasteiger partial charge in [0.05, 0.1) is 24.5 Å². The number of carbonyl (C=O) groups is 2. The maximum absolute atomic E-state index is 13.4. The highest BCUT2D eigenvalue weighted by Gasteiger charge is 2.24. The third-order valence-electron chi connectivity index (χ3n) is 5.36. The summed E-state index contributed by atoms with van der Waals surface area (Å²) in [6.45, 7) is 1.43. The van der Waals surface area contributed by atoms with E-state index in [1.54, 1.807) is 25.4 Å². The molecule has 4 aromatic heterocycles. The zero-order chi connectivity index (χ0) is 27.6. The monoisotopic (exact) mass is 665 g/mol. The number of halogens is 2. The highest BCUT2D eigenvalue weighted by molar-refractivity contribution is 9.10. The van der Waals surface area contributed by atoms with Crippen LogP contribution in [0, 0.1) is 5.41 Å². The van der Waals surface area contributed by atoms with Crippen LogP contribution in [0.3, 0.4) is 0 Å². The third-order valence-corrected chi connectivity index (χ3v) is 7.15. The largest absolute Gasteiger partial charge is 0.492 e. The molecule has 4 aromatic rings. The molecule has 1 amide bonds. The summed E-state index contributed by atoms with van der Waals surface area (Å²) in [7, 11) is 1.41. The van der Waals surface area contributed by atoms with Crippen LogP contribution in [-0.4, -0.2) is 71.5 Å². The molecule has 0 fully saturated rings. The fourth-order valence-electron chi connectivity index (χ4n) is 3.49. The van der Waals surface area contributed by atoms with Crippen LogP contribution >= 0.6 is 43.4 Å². The van der Waals surface area contributed by atoms with Crippen LogP contribution in [-0.2, 0) is 5.33 Å². The standard InChI is InChI=1S/C22H21Br2N9O4S/c1-9(8-34)29-17(25)15-19(35)32-38-21(15)31-18-16(20(36)26-2)30-12(5-28-18)22(37)33-7-10(4-23)11-3-14(24)27-6-13(11)33/h3,5-7,9,34H,4,8H2,1-2H3,(H2,25,29)(H,26,36)(H,28,31)(H,32,35). The predicted octanol–water partition coefficient (Wildman–Crippen LogP) is 2.73. The van der Waals surface area contributed by atoms with E-state index in [2.05, 4.69) is 67.1 Å². The maximum Gasteiger partial charge on any atom is 0.282 e. The average Bonchev–Trinajstić information content (AvgIpc) is 3.47. The Hall–Kier alpha value is -3.47. The van der Waals surface area contributed by atoms with Crippen LogP contribution < -0.4 is 16.0 Å². The summed E-state index contributed by atoms with van der Waals surface area (Å²) in [4.78, 5) is 38.9. The number of hydrogen-bond acceptors (Lipinski definition) is 11. The molecule has 13 nitrogen and oxygen atoms in total. The molecule has 1 atom stereocenters. The number of pyridine rings is 1. The molecule has 0 saturated carbocycles. The van der Waals surface area contributed by atoms with Crippen molar-refractivity contribution in [1.82, 2.24) is 34.5 Å². The van der Waals surface area contributed by atoms with Crippen molar-refractivity contribution in [2.45, 2.75) is 18.3 Å². The van der Waals surface area contributed by atoms with Crippen LogP contribution in [0.25, 0.3) is 10.9 Å². The Balaban J connectivity index is 1.72. The van der Waals surface area contributed by atoms with Gasteiger partial charge in [0, 0.05) is 30.0 Å². The molecule has 4 heterocycles. The lowest BCUT2D eigenvalue weighted by atomic mass is 10.2. The second-order valence-electron chi connectivity index (χ2n) is 7.96. The number of carbonyl (C=O) groups excluding carboxylic acids is 2. The normalized spacial score (nSPS) is 11.8. The van der Waals surface area contributed by atoms with Crippen LogP contribution in [0.15, 0.2) is 29.3 Å². The van der Waals surface area contributed by atoms with Crippen molar-refractivity contribution in [3.8, 4) is 5.88 Å². The summed E-state index contributed by atoms with van der Waals surface area (Å²) in [6.07, 6.45) is 4.45. The highest BCUT2D eigenvalue weighted by atomic mass is 79.9. The van der Waals surface area contributed by atoms with Gasteiger partial charge in [0.25, 0.3) is 11.8 Å². The fourth-order valence-corrected chi connectivity index (χ4v) is 4.96. The number of alkyl halides is 1. The van der Waals surface area contributed by atoms with Crippen LogP contribution in [0.1, 0.15) is 39.0 Å². The first-order valence-electron chi connectivity index (χ1n) is 11.0. The number of nitrogens with zero attached hydrogens (tertiary/aromatic N) is 5. The van der Waals surface area contributed by atoms with Gasteiger partial charge in [-0.15, -0.1) is 0 Å². The number of aromatic hydroxyl groups is 1. The number of fused-ring (bicyclic) bond motifs is 1. The van der Waals surface area contributed by atoms with Crippen molar-refractivity contribution >= 4 is 82.8 Å². The number of aliphatic hydroxyl groups excluding tert-OH is 1. The SMILES string of the molecule is CNC(=O)c1nc(C(=O)n2cc(CBr)c3cc(Br)ncc32)cnc1Nc1snc(O)c1C(=N)NC(C)CO. The molecule has 38 heavy (non-hydrogen) atoms. The van der Waals surface area contributed by atoms with Crippen molar-refractivity contribution in [1.29, 1.82) is 5.41 Å². The van der Waals surface area contributed by atoms with E-state index < -0.39 is 23.7 Å². The number of amides is 1. The lowest BCUT2D eigenvalue weighted by Crippen LogP contribution is -2.35. The first-order chi connectivity index (χ1) is 18.2. The molecular formula is C22H21Br2N9O4S. The van der Waals surface area contributed by atoms with Crippen molar-refractivity contribution in [3.63, 3.8) is 0 Å². The van der Waals surface area contributed by atoms with E-state index in [-0.39, 0.29) is 40.2 Å². The van der Waals surface area contributed by atoms with Gasteiger partial charge in [-0.05, 0) is 46.0 Å². The number of nitrogens with one attached hydrogen (secondary N) is 4. The second kappa shape index (κ2) is 11.5. The predicted molar refractivity (Wildman–Crippen MR) is 149 cm³/mol. The Kier molecular flexibility index (Phi) is 8.35. The number of aliphatic hydroxyl groups is 1. The Morgan fingerprint density at radius 1 is 1.29 bits per heavy atom. The number of aromatic nitrogens is 5. The Labute approximate surface area is 236 Å². The van der Waals surface area contributed by atoms with Crippen molar-refractivity contribution in [2.24, 2.45) is 0 Å². The number of hydrogen-bond donors (Lipinski definition) is 6. The maximum atomic E-state index is 13.4. The van der Waals surface area contributed by atoms with E-state index in [1.165, 1.54) is 17.8 Å². The van der Waals surface area contributed by atoms with E-state index in [0.29, 0.717) is 15.4 Å². The van der Waals surface area contributed by atoms with Gasteiger partial charge in [-0.2, -0.15) is 4.37 Å². The number of amidine groups is 1. The third kappa shape index (κ3) is 5.38. The molecule has 0 aliphatic rings. The minimum absolute atomic E-state index is 0.0158. The van der Waals surface area contributed by atoms with Crippen molar-refractivity contribution in [3.05, 3.63) is 51.8 Å². The Bertz CT molecular complexity index is 1560. The van der Waals surface area contributed by atoms with Gasteiger partial charge in [-0.25, -0.2) is 15.0 Å². The van der Waals surface area contributed by atoms with Crippen LogP contribution in [0.4, 0.5) is 10.8 Å². The summed E-state index contributed by atoms with van der Waals surface area (Å²) >= 11 is 7.62. The number of rotatable bonds is 8. The lowest BCUT2D eigenvalue weighted by molar-refractivity contribution is 0.0954. The summed E-state index contributed by atoms with van der Waals surface area (Å²) in [6, 6.07) is 1.35. The summed E-state index contributed by atoms with van der Waals surface area (Å²) in [5.74, 6) is -1.75. The van der Waals surface area contributed by atoms with Gasteiger partial charge < -0.3 is 26.2 Å². The lowest BCUT2D eigenvalue weighted by Gasteiger charge is -2.14. The summed E-state index contributed by atoms with van der Waals surface area (Å²) < 4.78 is 5.88. The Morgan fingerprint density at radius 2 is 2.05 bits per heavy atom. The van der Waals surface area contributed by atoms with E-state index >= 15 is 0 Å². The molecule has 6 N–H and O–H groups in total. The molecule has 0 radical (unpaired) electrons. The molecule has 198 valence electrons. The second-order valence-corrected chi connectivity index (χ2v) is 10.1. The minimum atomic E-state index is -0.615. The molecular weight excluding hydrogens is 646 g/mol. The van der Waals surface area contributed by atoms with Gasteiger partial charge in [0.2, 0.25) is 5.88 Å². The molecule has 0 aliphatic heterocycles. The summed E-state index contributed by atoms with van der Waals surface area (Å²) in [5.41, 5.74) is 1.18. The molecule has 0 bridgehead atoms. The molecule has 1 unspecified atom stereocenters. The molecule has 0 aromatic carbocycles. The number of anilines is 2. The van der Waals surface area contributed by atoms with Gasteiger partial charge in [0.15, 0.2) is 11.5 Å². The minimum Gasteiger partial charge on any atom is -0.492 e. The zero-order valence-electron chi connectivity index (χ0n) is 19.9. The smallest absolute Gasteiger partial charge is 0.282 e. The Morgan fingerprint density at radius 3 is 2.74 bits per heavy atom. The van der Waals surface area contributed by atoms with Gasteiger partial charge in [-0.3, -0.25) is 19.6 Å². The van der Waals surface area contributed by atoms with E-state index in [9.17, 15) is 19.8 Å². The van der Waals surface area contributed by atoms with E-state index in [1.807, 2.05) is 0 Å². The topological polar surface area (TPSA) is 191 Å². The van der Waals surface area contributed by atoms with Crippen LogP contribution in [0.2, 0.25) is 0 Å². The quantitative estimate of drug-likeness (QED) is 0.0705. The molecule has 0 saturated heterocycles. The highest BCUT2D eigenvalue weighted by Crippen LogP contribution is 2.32. The zero-order valence-corrected chi connectivity index (χ0v) is 23.9. The summed E-state index contributed by atoms with van der Waals surface area (Å²) in [5, 5.41) is 37.4. The van der Waals surface area contributed by atoms with E-state index in [0.717, 1.165) is 22.5 Å². The molecule has 4 rings (SSSR count). The van der Waals surface area contributed by atoms with Crippen LogP contribution in [0.5, 0.6) is 5.88 Å². The first-order valence-corrected chi connectivity index (χ1v) is 13.6. The first kappa shape index (κ1) is 27.6.